The van der Waals surface area contributed by atoms with Crippen molar-refractivity contribution in [2.24, 2.45) is 5.73 Å². The van der Waals surface area contributed by atoms with E-state index in [9.17, 15) is 9.59 Å². The lowest BCUT2D eigenvalue weighted by atomic mass is 10.1. The monoisotopic (exact) mass is 564 g/mol. The van der Waals surface area contributed by atoms with Crippen LogP contribution in [0.3, 0.4) is 0 Å². The van der Waals surface area contributed by atoms with E-state index in [-0.39, 0.29) is 53.3 Å². The molecule has 1 amide bonds. The number of guanidine groups is 1. The van der Waals surface area contributed by atoms with Gasteiger partial charge < -0.3 is 32.0 Å². The summed E-state index contributed by atoms with van der Waals surface area (Å²) >= 11 is 5.76. The molecule has 0 fully saturated rings. The van der Waals surface area contributed by atoms with Crippen molar-refractivity contribution in [3.05, 3.63) is 40.7 Å². The van der Waals surface area contributed by atoms with Crippen molar-refractivity contribution in [1.82, 2.24) is 20.6 Å². The number of aromatic nitrogens is 2. The van der Waals surface area contributed by atoms with E-state index in [1.54, 1.807) is 0 Å². The van der Waals surface area contributed by atoms with Crippen LogP contribution in [0.1, 0.15) is 35.3 Å². The molecule has 1 unspecified atom stereocenters. The van der Waals surface area contributed by atoms with Gasteiger partial charge in [0.05, 0.1) is 13.7 Å². The van der Waals surface area contributed by atoms with E-state index >= 15 is 0 Å². The number of hydrogen-bond acceptors (Lipinski definition) is 10. The molecular formula is C21H31Cl3N8O4. The number of amides is 1. The maximum absolute atomic E-state index is 12.2. The number of aryl methyl sites for hydroxylation is 1. The average molecular weight is 566 g/mol. The van der Waals surface area contributed by atoms with Gasteiger partial charge in [-0.25, -0.2) is 9.97 Å². The van der Waals surface area contributed by atoms with Gasteiger partial charge in [-0.1, -0.05) is 23.7 Å². The van der Waals surface area contributed by atoms with E-state index in [4.69, 9.17) is 38.9 Å². The fourth-order valence-corrected chi connectivity index (χ4v) is 2.95. The number of ether oxygens (including phenoxy) is 2. The van der Waals surface area contributed by atoms with Gasteiger partial charge in [0.2, 0.25) is 0 Å². The number of carbonyl (C=O) groups excluding carboxylic acids is 2. The third-order valence-electron chi connectivity index (χ3n) is 4.68. The van der Waals surface area contributed by atoms with E-state index < -0.39 is 17.9 Å². The number of anilines is 2. The molecular weight excluding hydrogens is 535 g/mol. The Morgan fingerprint density at radius 2 is 1.78 bits per heavy atom. The van der Waals surface area contributed by atoms with Gasteiger partial charge in [0.1, 0.15) is 11.8 Å². The third kappa shape index (κ3) is 10.7. The average Bonchev–Trinajstić information content (AvgIpc) is 2.81. The molecule has 0 aliphatic carbocycles. The van der Waals surface area contributed by atoms with Gasteiger partial charge in [-0.3, -0.25) is 20.3 Å². The zero-order valence-corrected chi connectivity index (χ0v) is 22.0. The van der Waals surface area contributed by atoms with Crippen molar-refractivity contribution in [3.8, 4) is 5.75 Å². The summed E-state index contributed by atoms with van der Waals surface area (Å²) in [7, 11) is 1.30. The second-order valence-electron chi connectivity index (χ2n) is 7.26. The summed E-state index contributed by atoms with van der Waals surface area (Å²) in [5.41, 5.74) is 17.7. The van der Waals surface area contributed by atoms with E-state index in [1.807, 2.05) is 24.3 Å². The number of hydrogen-bond donors (Lipinski definition) is 6. The molecule has 12 nitrogen and oxygen atoms in total. The van der Waals surface area contributed by atoms with E-state index in [1.165, 1.54) is 7.11 Å². The molecule has 0 bridgehead atoms. The maximum atomic E-state index is 12.2. The molecule has 1 aromatic heterocycles. The number of nitrogens with zero attached hydrogens (tertiary/aromatic N) is 2. The summed E-state index contributed by atoms with van der Waals surface area (Å²) in [4.78, 5) is 31.0. The zero-order chi connectivity index (χ0) is 25.1. The highest BCUT2D eigenvalue weighted by Crippen LogP contribution is 2.17. The molecule has 1 aromatic carbocycles. The Labute approximate surface area is 226 Å². The van der Waals surface area contributed by atoms with Crippen molar-refractivity contribution in [2.75, 3.05) is 31.7 Å². The smallest absolute Gasteiger partial charge is 0.322 e. The van der Waals surface area contributed by atoms with E-state index in [0.29, 0.717) is 25.3 Å². The van der Waals surface area contributed by atoms with Gasteiger partial charge in [0.15, 0.2) is 28.4 Å². The van der Waals surface area contributed by atoms with Crippen molar-refractivity contribution in [2.45, 2.75) is 31.7 Å². The van der Waals surface area contributed by atoms with Gasteiger partial charge in [-0.15, -0.1) is 24.8 Å². The molecule has 0 spiro atoms. The molecule has 2 aromatic rings. The van der Waals surface area contributed by atoms with Gasteiger partial charge in [0.25, 0.3) is 5.91 Å². The van der Waals surface area contributed by atoms with Crippen LogP contribution in [0.4, 0.5) is 11.6 Å². The van der Waals surface area contributed by atoms with Crippen LogP contribution in [0, 0.1) is 5.41 Å². The predicted molar refractivity (Wildman–Crippen MR) is 143 cm³/mol. The summed E-state index contributed by atoms with van der Waals surface area (Å²) in [6.45, 7) is 0.804. The fourth-order valence-electron chi connectivity index (χ4n) is 2.82. The first-order valence-corrected chi connectivity index (χ1v) is 10.9. The van der Waals surface area contributed by atoms with E-state index in [0.717, 1.165) is 24.8 Å². The molecule has 2 rings (SSSR count). The molecule has 36 heavy (non-hydrogen) atoms. The Bertz CT molecular complexity index is 1010. The summed E-state index contributed by atoms with van der Waals surface area (Å²) < 4.78 is 10.2. The SMILES string of the molecule is COC(=O)C(N)CCOc1ccc(CCCCNC(=N)NC(=O)c2nc(Cl)c(N)nc2N)cc1.Cl.Cl. The lowest BCUT2D eigenvalue weighted by Crippen LogP contribution is -2.41. The Morgan fingerprint density at radius 1 is 1.11 bits per heavy atom. The molecule has 15 heteroatoms. The van der Waals surface area contributed by atoms with Crippen molar-refractivity contribution < 1.29 is 19.1 Å². The number of rotatable bonds is 11. The van der Waals surface area contributed by atoms with Crippen molar-refractivity contribution in [1.29, 1.82) is 5.41 Å². The third-order valence-corrected chi connectivity index (χ3v) is 4.96. The first kappa shape index (κ1) is 32.9. The molecule has 1 atom stereocenters. The van der Waals surface area contributed by atoms with Crippen LogP contribution >= 0.6 is 36.4 Å². The largest absolute Gasteiger partial charge is 0.494 e. The standard InChI is InChI=1S/C21H29ClN8O4.2ClH/c1-33-20(32)14(23)9-11-34-13-7-5-12(6-8-13)4-2-3-10-27-21(26)30-19(31)15-17(24)29-18(25)16(22)28-15;;/h5-8,14H,2-4,9-11,23H2,1H3,(H4,24,25,29)(H3,26,27,30,31);2*1H. The number of nitrogens with two attached hydrogens (primary N) is 3. The van der Waals surface area contributed by atoms with Crippen LogP contribution in [-0.2, 0) is 16.0 Å². The number of nitrogen functional groups attached to an aromatic ring is 2. The molecule has 9 N–H and O–H groups in total. The number of esters is 1. The van der Waals surface area contributed by atoms with Gasteiger partial charge in [-0.2, -0.15) is 0 Å². The molecule has 1 heterocycles. The first-order valence-electron chi connectivity index (χ1n) is 10.5. The summed E-state index contributed by atoms with van der Waals surface area (Å²) in [6.07, 6.45) is 2.85. The minimum atomic E-state index is -0.709. The van der Waals surface area contributed by atoms with Gasteiger partial charge in [0, 0.05) is 13.0 Å². The maximum Gasteiger partial charge on any atom is 0.322 e. The van der Waals surface area contributed by atoms with E-state index in [2.05, 4.69) is 25.3 Å². The minimum absolute atomic E-state index is 0. The Balaban J connectivity index is 0.00000612. The topological polar surface area (TPSA) is 204 Å². The summed E-state index contributed by atoms with van der Waals surface area (Å²) in [5.74, 6) is -0.914. The number of halogens is 3. The first-order chi connectivity index (χ1) is 16.2. The van der Waals surface area contributed by atoms with Crippen LogP contribution in [0.2, 0.25) is 5.15 Å². The number of unbranched alkanes of at least 4 members (excludes halogenated alkanes) is 1. The number of carbonyl (C=O) groups is 2. The molecule has 0 radical (unpaired) electrons. The number of nitrogens with one attached hydrogen (secondary N) is 3. The van der Waals surface area contributed by atoms with Crippen LogP contribution in [0.25, 0.3) is 0 Å². The lowest BCUT2D eigenvalue weighted by molar-refractivity contribution is -0.142. The molecule has 0 saturated heterocycles. The normalized spacial score (nSPS) is 10.8. The lowest BCUT2D eigenvalue weighted by Gasteiger charge is -2.11. The summed E-state index contributed by atoms with van der Waals surface area (Å²) in [6, 6.07) is 6.96. The zero-order valence-electron chi connectivity index (χ0n) is 19.6. The quantitative estimate of drug-likeness (QED) is 0.101. The summed E-state index contributed by atoms with van der Waals surface area (Å²) in [5, 5.41) is 12.8. The highest BCUT2D eigenvalue weighted by molar-refractivity contribution is 6.31. The molecule has 0 aliphatic rings. The second kappa shape index (κ2) is 16.6. The van der Waals surface area contributed by atoms with Crippen molar-refractivity contribution >= 4 is 65.9 Å². The van der Waals surface area contributed by atoms with Crippen LogP contribution in [0.15, 0.2) is 24.3 Å². The highest BCUT2D eigenvalue weighted by atomic mass is 35.5. The van der Waals surface area contributed by atoms with Gasteiger partial charge >= 0.3 is 5.97 Å². The van der Waals surface area contributed by atoms with Crippen LogP contribution in [-0.4, -0.2) is 54.1 Å². The Kier molecular flexibility index (Phi) is 15.2. The van der Waals surface area contributed by atoms with Crippen LogP contribution < -0.4 is 32.6 Å². The minimum Gasteiger partial charge on any atom is -0.494 e. The highest BCUT2D eigenvalue weighted by Gasteiger charge is 2.17. The number of methoxy groups -OCH3 is 1. The number of benzene rings is 1. The van der Waals surface area contributed by atoms with Crippen molar-refractivity contribution in [3.63, 3.8) is 0 Å². The second-order valence-corrected chi connectivity index (χ2v) is 7.62. The van der Waals surface area contributed by atoms with Crippen LogP contribution in [0.5, 0.6) is 5.75 Å². The molecule has 200 valence electrons. The molecule has 0 aliphatic heterocycles. The van der Waals surface area contributed by atoms with Gasteiger partial charge in [-0.05, 0) is 37.0 Å². The molecule has 0 saturated carbocycles. The predicted octanol–water partition coefficient (Wildman–Crippen LogP) is 1.68. The fraction of sp³-hybridized carbons (Fsp3) is 0.381. The Morgan fingerprint density at radius 3 is 2.42 bits per heavy atom. The Hall–Kier alpha value is -3.06.